The molecule has 0 spiro atoms. The van der Waals surface area contributed by atoms with E-state index in [2.05, 4.69) is 5.32 Å². The number of carbonyl (C=O) groups is 2. The van der Waals surface area contributed by atoms with E-state index in [1.807, 2.05) is 32.0 Å². The van der Waals surface area contributed by atoms with Gasteiger partial charge in [0, 0.05) is 18.7 Å². The minimum Gasteiger partial charge on any atom is -0.355 e. The minimum atomic E-state index is -0.138. The zero-order valence-corrected chi connectivity index (χ0v) is 12.2. The number of likely N-dealkylation sites (N-methyl/N-ethyl adjacent to an activating group) is 2. The Morgan fingerprint density at radius 2 is 2.05 bits per heavy atom. The molecule has 0 radical (unpaired) electrons. The second kappa shape index (κ2) is 8.32. The van der Waals surface area contributed by atoms with Gasteiger partial charge in [0.2, 0.25) is 5.91 Å². The van der Waals surface area contributed by atoms with Crippen LogP contribution < -0.4 is 11.1 Å². The molecule has 1 aromatic rings. The molecule has 0 fully saturated rings. The molecule has 0 saturated carbocycles. The summed E-state index contributed by atoms with van der Waals surface area (Å²) in [6, 6.07) is 7.40. The van der Waals surface area contributed by atoms with Crippen molar-refractivity contribution >= 4 is 11.8 Å². The van der Waals surface area contributed by atoms with E-state index in [1.54, 1.807) is 6.07 Å². The monoisotopic (exact) mass is 277 g/mol. The molecule has 2 amide bonds. The van der Waals surface area contributed by atoms with Gasteiger partial charge in [-0.1, -0.05) is 12.1 Å². The maximum absolute atomic E-state index is 12.4. The summed E-state index contributed by atoms with van der Waals surface area (Å²) in [5, 5.41) is 2.70. The van der Waals surface area contributed by atoms with Gasteiger partial charge in [-0.25, -0.2) is 0 Å². The molecule has 20 heavy (non-hydrogen) atoms. The van der Waals surface area contributed by atoms with Gasteiger partial charge in [0.15, 0.2) is 0 Å². The van der Waals surface area contributed by atoms with Crippen molar-refractivity contribution in [2.45, 2.75) is 20.3 Å². The molecule has 0 bridgehead atoms. The van der Waals surface area contributed by atoms with Crippen LogP contribution in [0.4, 0.5) is 0 Å². The van der Waals surface area contributed by atoms with Crippen molar-refractivity contribution in [3.8, 4) is 0 Å². The average molecular weight is 277 g/mol. The number of hydrogen-bond acceptors (Lipinski definition) is 3. The molecule has 0 atom stereocenters. The zero-order chi connectivity index (χ0) is 15.0. The predicted octanol–water partition coefficient (Wildman–Crippen LogP) is 0.786. The molecule has 110 valence electrons. The van der Waals surface area contributed by atoms with E-state index in [9.17, 15) is 9.59 Å². The highest BCUT2D eigenvalue weighted by Crippen LogP contribution is 2.09. The maximum Gasteiger partial charge on any atom is 0.254 e. The van der Waals surface area contributed by atoms with Gasteiger partial charge in [-0.2, -0.15) is 0 Å². The fourth-order valence-corrected chi connectivity index (χ4v) is 1.96. The Morgan fingerprint density at radius 1 is 1.30 bits per heavy atom. The molecule has 1 aromatic carbocycles. The molecule has 0 unspecified atom stereocenters. The van der Waals surface area contributed by atoms with E-state index in [0.717, 1.165) is 12.0 Å². The Kier molecular flexibility index (Phi) is 6.73. The normalized spacial score (nSPS) is 10.2. The largest absolute Gasteiger partial charge is 0.355 e. The summed E-state index contributed by atoms with van der Waals surface area (Å²) in [4.78, 5) is 25.5. The number of rotatable bonds is 7. The first-order valence-corrected chi connectivity index (χ1v) is 6.97. The van der Waals surface area contributed by atoms with Crippen molar-refractivity contribution in [1.82, 2.24) is 10.2 Å². The lowest BCUT2D eigenvalue weighted by Gasteiger charge is -2.20. The van der Waals surface area contributed by atoms with Crippen LogP contribution in [0.5, 0.6) is 0 Å². The molecule has 0 aromatic heterocycles. The number of amides is 2. The van der Waals surface area contributed by atoms with Gasteiger partial charge in [0.25, 0.3) is 5.91 Å². The van der Waals surface area contributed by atoms with Gasteiger partial charge in [0.05, 0.1) is 6.54 Å². The van der Waals surface area contributed by atoms with Crippen LogP contribution in [0.1, 0.15) is 29.8 Å². The summed E-state index contributed by atoms with van der Waals surface area (Å²) in [6.45, 7) is 5.42. The van der Waals surface area contributed by atoms with Crippen LogP contribution in [-0.4, -0.2) is 42.9 Å². The number of benzene rings is 1. The number of nitrogens with two attached hydrogens (primary N) is 1. The lowest BCUT2D eigenvalue weighted by atomic mass is 10.1. The molecule has 0 heterocycles. The van der Waals surface area contributed by atoms with Gasteiger partial charge in [-0.05, 0) is 44.5 Å². The van der Waals surface area contributed by atoms with Crippen molar-refractivity contribution in [2.75, 3.05) is 26.2 Å². The topological polar surface area (TPSA) is 75.4 Å². The molecule has 0 saturated heterocycles. The van der Waals surface area contributed by atoms with E-state index in [0.29, 0.717) is 25.2 Å². The van der Waals surface area contributed by atoms with Crippen LogP contribution in [0.15, 0.2) is 24.3 Å². The molecular weight excluding hydrogens is 254 g/mol. The van der Waals surface area contributed by atoms with Crippen molar-refractivity contribution in [3.05, 3.63) is 35.4 Å². The van der Waals surface area contributed by atoms with Crippen molar-refractivity contribution in [2.24, 2.45) is 5.73 Å². The molecular formula is C15H23N3O2. The molecule has 3 N–H and O–H groups in total. The average Bonchev–Trinajstić information content (AvgIpc) is 2.45. The van der Waals surface area contributed by atoms with Gasteiger partial charge < -0.3 is 16.0 Å². The molecule has 0 aliphatic heterocycles. The number of nitrogens with one attached hydrogen (secondary N) is 1. The van der Waals surface area contributed by atoms with Crippen molar-refractivity contribution in [3.63, 3.8) is 0 Å². The summed E-state index contributed by atoms with van der Waals surface area (Å²) >= 11 is 0. The second-order valence-electron chi connectivity index (χ2n) is 4.51. The third kappa shape index (κ3) is 4.66. The quantitative estimate of drug-likeness (QED) is 0.773. The van der Waals surface area contributed by atoms with E-state index in [-0.39, 0.29) is 18.4 Å². The first-order valence-electron chi connectivity index (χ1n) is 6.97. The zero-order valence-electron chi connectivity index (χ0n) is 12.2. The summed E-state index contributed by atoms with van der Waals surface area (Å²) < 4.78 is 0. The van der Waals surface area contributed by atoms with Crippen LogP contribution in [-0.2, 0) is 11.2 Å². The Hall–Kier alpha value is -1.88. The van der Waals surface area contributed by atoms with Gasteiger partial charge in [0.1, 0.15) is 0 Å². The van der Waals surface area contributed by atoms with Crippen molar-refractivity contribution in [1.29, 1.82) is 0 Å². The number of carbonyl (C=O) groups excluding carboxylic acids is 2. The van der Waals surface area contributed by atoms with Crippen LogP contribution in [0, 0.1) is 0 Å². The Labute approximate surface area is 120 Å². The molecule has 1 rings (SSSR count). The summed E-state index contributed by atoms with van der Waals surface area (Å²) in [5.41, 5.74) is 7.16. The molecule has 5 nitrogen and oxygen atoms in total. The first-order chi connectivity index (χ1) is 9.62. The van der Waals surface area contributed by atoms with Gasteiger partial charge in [-0.15, -0.1) is 0 Å². The Balaban J connectivity index is 2.79. The smallest absolute Gasteiger partial charge is 0.254 e. The van der Waals surface area contributed by atoms with Crippen molar-refractivity contribution < 1.29 is 9.59 Å². The summed E-state index contributed by atoms with van der Waals surface area (Å²) in [5.74, 6) is -0.265. The second-order valence-corrected chi connectivity index (χ2v) is 4.51. The lowest BCUT2D eigenvalue weighted by molar-refractivity contribution is -0.121. The van der Waals surface area contributed by atoms with Crippen LogP contribution in [0.3, 0.4) is 0 Å². The number of hydrogen-bond donors (Lipinski definition) is 2. The summed E-state index contributed by atoms with van der Waals surface area (Å²) in [7, 11) is 0. The molecule has 0 aliphatic rings. The SMILES string of the molecule is CCNC(=O)CN(CC)C(=O)c1cccc(CCN)c1. The van der Waals surface area contributed by atoms with Crippen LogP contribution in [0.2, 0.25) is 0 Å². The minimum absolute atomic E-state index is 0.0876. The van der Waals surface area contributed by atoms with Gasteiger partial charge >= 0.3 is 0 Å². The highest BCUT2D eigenvalue weighted by atomic mass is 16.2. The Bertz CT molecular complexity index is 460. The summed E-state index contributed by atoms with van der Waals surface area (Å²) in [6.07, 6.45) is 0.740. The van der Waals surface area contributed by atoms with Crippen LogP contribution in [0.25, 0.3) is 0 Å². The standard InChI is InChI=1S/C15H23N3O2/c1-3-17-14(19)11-18(4-2)15(20)13-7-5-6-12(10-13)8-9-16/h5-7,10H,3-4,8-9,11,16H2,1-2H3,(H,17,19). The number of nitrogens with zero attached hydrogens (tertiary/aromatic N) is 1. The maximum atomic E-state index is 12.4. The Morgan fingerprint density at radius 3 is 2.65 bits per heavy atom. The highest BCUT2D eigenvalue weighted by molar-refractivity contribution is 5.96. The van der Waals surface area contributed by atoms with E-state index < -0.39 is 0 Å². The van der Waals surface area contributed by atoms with Crippen LogP contribution >= 0.6 is 0 Å². The first kappa shape index (κ1) is 16.2. The van der Waals surface area contributed by atoms with Gasteiger partial charge in [-0.3, -0.25) is 9.59 Å². The third-order valence-electron chi connectivity index (χ3n) is 2.98. The third-order valence-corrected chi connectivity index (χ3v) is 2.98. The predicted molar refractivity (Wildman–Crippen MR) is 79.5 cm³/mol. The molecule has 0 aliphatic carbocycles. The highest BCUT2D eigenvalue weighted by Gasteiger charge is 2.17. The lowest BCUT2D eigenvalue weighted by Crippen LogP contribution is -2.40. The fourth-order valence-electron chi connectivity index (χ4n) is 1.96. The van der Waals surface area contributed by atoms with E-state index >= 15 is 0 Å². The fraction of sp³-hybridized carbons (Fsp3) is 0.467. The molecule has 5 heteroatoms. The van der Waals surface area contributed by atoms with E-state index in [1.165, 1.54) is 4.90 Å². The van der Waals surface area contributed by atoms with E-state index in [4.69, 9.17) is 5.73 Å².